The van der Waals surface area contributed by atoms with Gasteiger partial charge in [-0.2, -0.15) is 10.1 Å². The molecule has 0 aliphatic carbocycles. The Hall–Kier alpha value is -2.77. The molecule has 1 aromatic heterocycles. The predicted octanol–water partition coefficient (Wildman–Crippen LogP) is 7.13. The van der Waals surface area contributed by atoms with Crippen LogP contribution in [-0.4, -0.2) is 44.6 Å². The summed E-state index contributed by atoms with van der Waals surface area (Å²) in [7, 11) is 0. The number of nitrogens with zero attached hydrogens (tertiary/aromatic N) is 4. The van der Waals surface area contributed by atoms with E-state index < -0.39 is 0 Å². The monoisotopic (exact) mass is 516 g/mol. The van der Waals surface area contributed by atoms with E-state index in [2.05, 4.69) is 48.0 Å². The summed E-state index contributed by atoms with van der Waals surface area (Å²) in [4.78, 5) is 21.5. The molecular weight excluding hydrogens is 484 g/mol. The maximum Gasteiger partial charge on any atom is 0.286 e. The Morgan fingerprint density at radius 2 is 1.94 bits per heavy atom. The van der Waals surface area contributed by atoms with Crippen LogP contribution in [-0.2, 0) is 4.79 Å². The lowest BCUT2D eigenvalue weighted by Gasteiger charge is -2.31. The van der Waals surface area contributed by atoms with Crippen molar-refractivity contribution in [3.63, 3.8) is 0 Å². The van der Waals surface area contributed by atoms with Gasteiger partial charge in [-0.15, -0.1) is 11.8 Å². The van der Waals surface area contributed by atoms with E-state index in [9.17, 15) is 4.79 Å². The fourth-order valence-corrected chi connectivity index (χ4v) is 6.45. The fourth-order valence-electron chi connectivity index (χ4n) is 4.51. The van der Waals surface area contributed by atoms with E-state index in [1.807, 2.05) is 59.0 Å². The van der Waals surface area contributed by atoms with Crippen molar-refractivity contribution >= 4 is 40.7 Å². The van der Waals surface area contributed by atoms with Crippen LogP contribution in [0.15, 0.2) is 75.6 Å². The van der Waals surface area contributed by atoms with E-state index in [1.165, 1.54) is 35.9 Å². The molecule has 1 saturated heterocycles. The number of rotatable bonds is 7. The summed E-state index contributed by atoms with van der Waals surface area (Å²) >= 11 is 3.38. The van der Waals surface area contributed by atoms with Gasteiger partial charge < -0.3 is 4.90 Å². The SMILES string of the molecule is CCCCSc1ccc(-c2nn(-c3ccccc3)cc2/C=C2\SC(N3CCC[C@H](C)C3)=NC2=O)cc1. The highest BCUT2D eigenvalue weighted by atomic mass is 32.2. The molecule has 3 aromatic rings. The number of para-hydroxylation sites is 1. The van der Waals surface area contributed by atoms with Gasteiger partial charge in [0.1, 0.15) is 0 Å². The third-order valence-corrected chi connectivity index (χ3v) is 8.62. The summed E-state index contributed by atoms with van der Waals surface area (Å²) in [5, 5.41) is 5.77. The summed E-state index contributed by atoms with van der Waals surface area (Å²) in [6.45, 7) is 6.42. The van der Waals surface area contributed by atoms with Crippen LogP contribution in [0.3, 0.4) is 0 Å². The first-order chi connectivity index (χ1) is 17.6. The number of unbranched alkanes of at least 4 members (excludes halogenated alkanes) is 1. The van der Waals surface area contributed by atoms with Crippen LogP contribution in [0.25, 0.3) is 23.0 Å². The molecule has 2 aliphatic rings. The number of amides is 1. The fraction of sp³-hybridized carbons (Fsp3) is 0.345. The lowest BCUT2D eigenvalue weighted by Crippen LogP contribution is -2.37. The molecule has 5 nitrogen and oxygen atoms in total. The van der Waals surface area contributed by atoms with Crippen LogP contribution in [0, 0.1) is 5.92 Å². The highest BCUT2D eigenvalue weighted by Gasteiger charge is 2.29. The van der Waals surface area contributed by atoms with Crippen LogP contribution in [0.1, 0.15) is 45.1 Å². The molecule has 0 unspecified atom stereocenters. The van der Waals surface area contributed by atoms with Crippen LogP contribution >= 0.6 is 23.5 Å². The van der Waals surface area contributed by atoms with Gasteiger partial charge >= 0.3 is 0 Å². The molecule has 0 N–H and O–H groups in total. The second-order valence-electron chi connectivity index (χ2n) is 9.44. The largest absolute Gasteiger partial charge is 0.351 e. The highest BCUT2D eigenvalue weighted by Crippen LogP contribution is 2.35. The first kappa shape index (κ1) is 24.9. The average Bonchev–Trinajstić information content (AvgIpc) is 3.49. The zero-order chi connectivity index (χ0) is 24.9. The number of benzene rings is 2. The van der Waals surface area contributed by atoms with Crippen LogP contribution in [0.5, 0.6) is 0 Å². The molecule has 1 amide bonds. The number of aromatic nitrogens is 2. The number of amidine groups is 1. The van der Waals surface area contributed by atoms with Crippen LogP contribution < -0.4 is 0 Å². The zero-order valence-corrected chi connectivity index (χ0v) is 22.5. The van der Waals surface area contributed by atoms with Gasteiger partial charge in [0.15, 0.2) is 5.17 Å². The number of carbonyl (C=O) groups is 1. The molecular formula is C29H32N4OS2. The number of aliphatic imine (C=N–C) groups is 1. The summed E-state index contributed by atoms with van der Waals surface area (Å²) in [6, 6.07) is 18.7. The molecule has 186 valence electrons. The summed E-state index contributed by atoms with van der Waals surface area (Å²) in [5.41, 5.74) is 3.81. The third kappa shape index (κ3) is 5.79. The summed E-state index contributed by atoms with van der Waals surface area (Å²) in [5.74, 6) is 1.60. The Kier molecular flexibility index (Phi) is 7.97. The number of piperidine rings is 1. The standard InChI is InChI=1S/C29H32N4OS2/c1-3-4-17-35-25-14-12-22(13-15-25)27-23(20-33(31-27)24-10-6-5-7-11-24)18-26-28(34)30-29(36-26)32-16-8-9-21(2)19-32/h5-7,10-15,18,20-21H,3-4,8-9,16-17,19H2,1-2H3/b26-18-/t21-/m0/s1. The molecule has 0 saturated carbocycles. The lowest BCUT2D eigenvalue weighted by molar-refractivity contribution is -0.113. The Bertz CT molecular complexity index is 1260. The Morgan fingerprint density at radius 1 is 1.14 bits per heavy atom. The molecule has 0 radical (unpaired) electrons. The van der Waals surface area contributed by atoms with Gasteiger partial charge in [-0.05, 0) is 73.0 Å². The Balaban J connectivity index is 1.44. The minimum Gasteiger partial charge on any atom is -0.351 e. The molecule has 5 rings (SSSR count). The highest BCUT2D eigenvalue weighted by molar-refractivity contribution is 8.18. The van der Waals surface area contributed by atoms with Crippen molar-refractivity contribution in [1.29, 1.82) is 0 Å². The molecule has 1 fully saturated rings. The minimum atomic E-state index is -0.158. The van der Waals surface area contributed by atoms with Crippen molar-refractivity contribution in [1.82, 2.24) is 14.7 Å². The number of thioether (sulfide) groups is 2. The summed E-state index contributed by atoms with van der Waals surface area (Å²) < 4.78 is 1.89. The molecule has 0 spiro atoms. The molecule has 2 aliphatic heterocycles. The normalized spacial score (nSPS) is 19.2. The van der Waals surface area contributed by atoms with Crippen molar-refractivity contribution in [2.24, 2.45) is 10.9 Å². The second kappa shape index (κ2) is 11.5. The molecule has 2 aromatic carbocycles. The number of hydrogen-bond acceptors (Lipinski definition) is 5. The maximum absolute atomic E-state index is 12.9. The van der Waals surface area contributed by atoms with Crippen molar-refractivity contribution < 1.29 is 4.79 Å². The zero-order valence-electron chi connectivity index (χ0n) is 20.9. The quantitative estimate of drug-likeness (QED) is 0.190. The van der Waals surface area contributed by atoms with E-state index in [1.54, 1.807) is 0 Å². The second-order valence-corrected chi connectivity index (χ2v) is 11.6. The molecule has 0 bridgehead atoms. The van der Waals surface area contributed by atoms with Gasteiger partial charge in [0.25, 0.3) is 5.91 Å². The Labute approximate surface area is 222 Å². The van der Waals surface area contributed by atoms with E-state index >= 15 is 0 Å². The molecule has 7 heteroatoms. The van der Waals surface area contributed by atoms with E-state index in [-0.39, 0.29) is 5.91 Å². The molecule has 36 heavy (non-hydrogen) atoms. The topological polar surface area (TPSA) is 50.5 Å². The van der Waals surface area contributed by atoms with Gasteiger partial charge in [-0.3, -0.25) is 4.79 Å². The predicted molar refractivity (Wildman–Crippen MR) is 153 cm³/mol. The van der Waals surface area contributed by atoms with Crippen molar-refractivity contribution in [2.75, 3.05) is 18.8 Å². The van der Waals surface area contributed by atoms with Gasteiger partial charge in [-0.1, -0.05) is 50.6 Å². The lowest BCUT2D eigenvalue weighted by atomic mass is 10.0. The third-order valence-electron chi connectivity index (χ3n) is 6.48. The van der Waals surface area contributed by atoms with Gasteiger partial charge in [0.2, 0.25) is 0 Å². The van der Waals surface area contributed by atoms with Crippen LogP contribution in [0.2, 0.25) is 0 Å². The van der Waals surface area contributed by atoms with Gasteiger partial charge in [0, 0.05) is 35.3 Å². The number of hydrogen-bond donors (Lipinski definition) is 0. The summed E-state index contributed by atoms with van der Waals surface area (Å²) in [6.07, 6.45) is 8.79. The number of carbonyl (C=O) groups excluding carboxylic acids is 1. The van der Waals surface area contributed by atoms with Gasteiger partial charge in [0.05, 0.1) is 16.3 Å². The average molecular weight is 517 g/mol. The van der Waals surface area contributed by atoms with Crippen molar-refractivity contribution in [3.8, 4) is 16.9 Å². The van der Waals surface area contributed by atoms with Crippen LogP contribution in [0.4, 0.5) is 0 Å². The molecule has 1 atom stereocenters. The molecule has 3 heterocycles. The smallest absolute Gasteiger partial charge is 0.286 e. The van der Waals surface area contributed by atoms with E-state index in [0.29, 0.717) is 10.8 Å². The van der Waals surface area contributed by atoms with Crippen molar-refractivity contribution in [2.45, 2.75) is 44.4 Å². The van der Waals surface area contributed by atoms with E-state index in [0.717, 1.165) is 52.9 Å². The van der Waals surface area contributed by atoms with Gasteiger partial charge in [-0.25, -0.2) is 4.68 Å². The van der Waals surface area contributed by atoms with Crippen molar-refractivity contribution in [3.05, 3.63) is 71.3 Å². The number of likely N-dealkylation sites (tertiary alicyclic amines) is 1. The maximum atomic E-state index is 12.9. The first-order valence-electron chi connectivity index (χ1n) is 12.8. The van der Waals surface area contributed by atoms with E-state index in [4.69, 9.17) is 5.10 Å². The first-order valence-corrected chi connectivity index (χ1v) is 14.6. The minimum absolute atomic E-state index is 0.158. The Morgan fingerprint density at radius 3 is 2.69 bits per heavy atom.